The van der Waals surface area contributed by atoms with Crippen LogP contribution in [0.25, 0.3) is 0 Å². The van der Waals surface area contributed by atoms with Crippen molar-refractivity contribution >= 4 is 5.91 Å². The number of benzene rings is 1. The molecule has 1 amide bonds. The van der Waals surface area contributed by atoms with Crippen molar-refractivity contribution in [3.63, 3.8) is 0 Å². The monoisotopic (exact) mass is 260 g/mol. The molecule has 1 aromatic carbocycles. The van der Waals surface area contributed by atoms with Gasteiger partial charge in [-0.15, -0.1) is 0 Å². The Balaban J connectivity index is 1.79. The van der Waals surface area contributed by atoms with Crippen LogP contribution in [0, 0.1) is 0 Å². The second kappa shape index (κ2) is 5.21. The molecule has 1 saturated heterocycles. The number of rotatable bonds is 4. The highest BCUT2D eigenvalue weighted by atomic mass is 16.5. The standard InChI is InChI=1S/C15H20N2O2/c1-2-7-17(11-8-16-9-11)15(18)13-10-19-14-6-4-3-5-12(13)14/h3-6,11,13,16H,2,7-10H2,1H3. The average Bonchev–Trinajstić information content (AvgIpc) is 2.79. The number of carbonyl (C=O) groups is 1. The van der Waals surface area contributed by atoms with E-state index in [0.717, 1.165) is 37.4 Å². The van der Waals surface area contributed by atoms with Crippen LogP contribution < -0.4 is 10.1 Å². The van der Waals surface area contributed by atoms with Gasteiger partial charge in [0, 0.05) is 25.2 Å². The highest BCUT2D eigenvalue weighted by molar-refractivity contribution is 5.86. The third-order valence-electron chi connectivity index (χ3n) is 3.95. The second-order valence-electron chi connectivity index (χ2n) is 5.25. The van der Waals surface area contributed by atoms with E-state index in [1.165, 1.54) is 0 Å². The van der Waals surface area contributed by atoms with Crippen LogP contribution in [0.5, 0.6) is 5.75 Å². The van der Waals surface area contributed by atoms with Gasteiger partial charge in [-0.1, -0.05) is 25.1 Å². The first-order valence-electron chi connectivity index (χ1n) is 7.04. The van der Waals surface area contributed by atoms with E-state index in [2.05, 4.69) is 12.2 Å². The lowest BCUT2D eigenvalue weighted by Crippen LogP contribution is -2.59. The molecule has 0 spiro atoms. The summed E-state index contributed by atoms with van der Waals surface area (Å²) in [5.41, 5.74) is 1.04. The molecule has 0 bridgehead atoms. The number of hydrogen-bond donors (Lipinski definition) is 1. The number of hydrogen-bond acceptors (Lipinski definition) is 3. The summed E-state index contributed by atoms with van der Waals surface area (Å²) in [6.45, 7) is 5.27. The topological polar surface area (TPSA) is 41.6 Å². The fraction of sp³-hybridized carbons (Fsp3) is 0.533. The zero-order chi connectivity index (χ0) is 13.2. The van der Waals surface area contributed by atoms with Gasteiger partial charge < -0.3 is 15.0 Å². The van der Waals surface area contributed by atoms with Crippen molar-refractivity contribution in [3.8, 4) is 5.75 Å². The quantitative estimate of drug-likeness (QED) is 0.889. The Morgan fingerprint density at radius 1 is 1.42 bits per heavy atom. The number of amides is 1. The molecular formula is C15H20N2O2. The van der Waals surface area contributed by atoms with E-state index in [1.807, 2.05) is 29.2 Å². The molecule has 1 fully saturated rings. The molecule has 19 heavy (non-hydrogen) atoms. The van der Waals surface area contributed by atoms with Crippen LogP contribution in [0.15, 0.2) is 24.3 Å². The van der Waals surface area contributed by atoms with E-state index in [4.69, 9.17) is 4.74 Å². The molecule has 1 atom stereocenters. The zero-order valence-corrected chi connectivity index (χ0v) is 11.3. The molecule has 1 aromatic rings. The number of carbonyl (C=O) groups excluding carboxylic acids is 1. The van der Waals surface area contributed by atoms with Gasteiger partial charge in [-0.25, -0.2) is 0 Å². The Morgan fingerprint density at radius 2 is 2.21 bits per heavy atom. The maximum atomic E-state index is 12.8. The molecule has 2 aliphatic rings. The molecule has 0 aliphatic carbocycles. The first kappa shape index (κ1) is 12.5. The molecule has 0 radical (unpaired) electrons. The number of nitrogens with one attached hydrogen (secondary N) is 1. The maximum absolute atomic E-state index is 12.8. The van der Waals surface area contributed by atoms with Crippen LogP contribution >= 0.6 is 0 Å². The molecule has 2 heterocycles. The molecule has 2 aliphatic heterocycles. The number of fused-ring (bicyclic) bond motifs is 1. The maximum Gasteiger partial charge on any atom is 0.234 e. The number of ether oxygens (including phenoxy) is 1. The Kier molecular flexibility index (Phi) is 3.42. The molecule has 3 rings (SSSR count). The van der Waals surface area contributed by atoms with Crippen molar-refractivity contribution in [3.05, 3.63) is 29.8 Å². The lowest BCUT2D eigenvalue weighted by molar-refractivity contribution is -0.136. The summed E-state index contributed by atoms with van der Waals surface area (Å²) in [5, 5.41) is 3.24. The van der Waals surface area contributed by atoms with Gasteiger partial charge >= 0.3 is 0 Å². The Labute approximate surface area is 113 Å². The summed E-state index contributed by atoms with van der Waals surface area (Å²) in [4.78, 5) is 14.8. The van der Waals surface area contributed by atoms with Crippen molar-refractivity contribution in [1.82, 2.24) is 10.2 Å². The first-order valence-corrected chi connectivity index (χ1v) is 7.04. The molecule has 4 nitrogen and oxygen atoms in total. The Hall–Kier alpha value is -1.55. The summed E-state index contributed by atoms with van der Waals surface area (Å²) < 4.78 is 5.63. The lowest BCUT2D eigenvalue weighted by Gasteiger charge is -2.39. The molecule has 0 saturated carbocycles. The molecule has 0 aromatic heterocycles. The van der Waals surface area contributed by atoms with Crippen molar-refractivity contribution in [2.75, 3.05) is 26.2 Å². The largest absolute Gasteiger partial charge is 0.492 e. The van der Waals surface area contributed by atoms with Crippen molar-refractivity contribution in [2.24, 2.45) is 0 Å². The Bertz CT molecular complexity index is 471. The molecule has 102 valence electrons. The van der Waals surface area contributed by atoms with Gasteiger partial charge in [0.25, 0.3) is 0 Å². The number of para-hydroxylation sites is 1. The smallest absolute Gasteiger partial charge is 0.234 e. The van der Waals surface area contributed by atoms with Crippen molar-refractivity contribution in [1.29, 1.82) is 0 Å². The average molecular weight is 260 g/mol. The van der Waals surface area contributed by atoms with Crippen LogP contribution in [0.4, 0.5) is 0 Å². The van der Waals surface area contributed by atoms with E-state index in [1.54, 1.807) is 0 Å². The summed E-state index contributed by atoms with van der Waals surface area (Å²) >= 11 is 0. The van der Waals surface area contributed by atoms with Gasteiger partial charge in [0.1, 0.15) is 18.3 Å². The van der Waals surface area contributed by atoms with E-state index in [-0.39, 0.29) is 11.8 Å². The molecule has 4 heteroatoms. The van der Waals surface area contributed by atoms with Crippen molar-refractivity contribution < 1.29 is 9.53 Å². The summed E-state index contributed by atoms with van der Waals surface area (Å²) in [7, 11) is 0. The Morgan fingerprint density at radius 3 is 2.89 bits per heavy atom. The fourth-order valence-corrected chi connectivity index (χ4v) is 2.77. The first-order chi connectivity index (χ1) is 9.31. The SMILES string of the molecule is CCCN(C(=O)C1COc2ccccc21)C1CNC1. The van der Waals surface area contributed by atoms with Crippen LogP contribution in [0.1, 0.15) is 24.8 Å². The van der Waals surface area contributed by atoms with Gasteiger partial charge in [0.15, 0.2) is 0 Å². The van der Waals surface area contributed by atoms with Crippen molar-refractivity contribution in [2.45, 2.75) is 25.3 Å². The lowest BCUT2D eigenvalue weighted by atomic mass is 9.98. The van der Waals surface area contributed by atoms with E-state index >= 15 is 0 Å². The predicted molar refractivity (Wildman–Crippen MR) is 73.3 cm³/mol. The van der Waals surface area contributed by atoms with Gasteiger partial charge in [-0.05, 0) is 12.5 Å². The van der Waals surface area contributed by atoms with E-state index in [0.29, 0.717) is 12.6 Å². The van der Waals surface area contributed by atoms with Gasteiger partial charge in [0.05, 0.1) is 6.04 Å². The normalized spacial score (nSPS) is 21.4. The second-order valence-corrected chi connectivity index (χ2v) is 5.25. The fourth-order valence-electron chi connectivity index (χ4n) is 2.77. The molecular weight excluding hydrogens is 240 g/mol. The van der Waals surface area contributed by atoms with Gasteiger partial charge in [-0.3, -0.25) is 4.79 Å². The molecule has 1 N–H and O–H groups in total. The van der Waals surface area contributed by atoms with Gasteiger partial charge in [-0.2, -0.15) is 0 Å². The summed E-state index contributed by atoms with van der Waals surface area (Å²) in [5.74, 6) is 0.964. The third-order valence-corrected chi connectivity index (χ3v) is 3.95. The zero-order valence-electron chi connectivity index (χ0n) is 11.3. The van der Waals surface area contributed by atoms with Crippen LogP contribution in [0.3, 0.4) is 0 Å². The minimum absolute atomic E-state index is 0.122. The van der Waals surface area contributed by atoms with E-state index < -0.39 is 0 Å². The van der Waals surface area contributed by atoms with Gasteiger partial charge in [0.2, 0.25) is 5.91 Å². The third kappa shape index (κ3) is 2.21. The minimum Gasteiger partial charge on any atom is -0.492 e. The summed E-state index contributed by atoms with van der Waals surface area (Å²) in [6.07, 6.45) is 0.997. The number of nitrogens with zero attached hydrogens (tertiary/aromatic N) is 1. The highest BCUT2D eigenvalue weighted by Gasteiger charge is 2.37. The summed E-state index contributed by atoms with van der Waals surface area (Å²) in [6, 6.07) is 8.24. The van der Waals surface area contributed by atoms with Crippen LogP contribution in [0.2, 0.25) is 0 Å². The highest BCUT2D eigenvalue weighted by Crippen LogP contribution is 2.35. The van der Waals surface area contributed by atoms with Crippen LogP contribution in [-0.2, 0) is 4.79 Å². The molecule has 1 unspecified atom stereocenters. The van der Waals surface area contributed by atoms with E-state index in [9.17, 15) is 4.79 Å². The predicted octanol–water partition coefficient (Wildman–Crippen LogP) is 1.37. The van der Waals surface area contributed by atoms with Crippen LogP contribution in [-0.4, -0.2) is 43.1 Å². The minimum atomic E-state index is -0.122.